The van der Waals surface area contributed by atoms with Gasteiger partial charge in [-0.25, -0.2) is 4.98 Å². The van der Waals surface area contributed by atoms with Gasteiger partial charge in [0.2, 0.25) is 0 Å². The van der Waals surface area contributed by atoms with Crippen LogP contribution >= 0.6 is 22.6 Å². The van der Waals surface area contributed by atoms with Crippen LogP contribution in [0.3, 0.4) is 0 Å². The number of likely N-dealkylation sites (N-methyl/N-ethyl adjacent to an activating group) is 1. The highest BCUT2D eigenvalue weighted by Crippen LogP contribution is 2.37. The second-order valence-corrected chi connectivity index (χ2v) is 8.90. The summed E-state index contributed by atoms with van der Waals surface area (Å²) in [4.78, 5) is 4.99. The molecule has 1 unspecified atom stereocenters. The fraction of sp³-hybridized carbons (Fsp3) is 0.269. The maximum absolute atomic E-state index is 4.99. The Balaban J connectivity index is 1.91. The molecule has 0 radical (unpaired) electrons. The number of halogens is 1. The molecule has 2 nitrogen and oxygen atoms in total. The second kappa shape index (κ2) is 9.23. The maximum atomic E-state index is 4.99. The maximum Gasteiger partial charge on any atom is 0.0713 e. The molecule has 0 amide bonds. The van der Waals surface area contributed by atoms with E-state index in [-0.39, 0.29) is 6.04 Å². The minimum atomic E-state index is 0.177. The predicted molar refractivity (Wildman–Crippen MR) is 132 cm³/mol. The van der Waals surface area contributed by atoms with Crippen LogP contribution in [0.1, 0.15) is 43.7 Å². The first-order valence-corrected chi connectivity index (χ1v) is 11.5. The first-order valence-electron chi connectivity index (χ1n) is 10.4. The Morgan fingerprint density at radius 1 is 1.03 bits per heavy atom. The third kappa shape index (κ3) is 4.31. The van der Waals surface area contributed by atoms with Crippen molar-refractivity contribution < 1.29 is 0 Å². The zero-order chi connectivity index (χ0) is 20.2. The van der Waals surface area contributed by atoms with Crippen molar-refractivity contribution in [2.45, 2.75) is 38.1 Å². The second-order valence-electron chi connectivity index (χ2n) is 7.66. The van der Waals surface area contributed by atoms with E-state index >= 15 is 0 Å². The molecule has 0 aliphatic heterocycles. The highest BCUT2D eigenvalue weighted by molar-refractivity contribution is 14.1. The summed E-state index contributed by atoms with van der Waals surface area (Å²) in [5.41, 5.74) is 7.45. The molecule has 29 heavy (non-hydrogen) atoms. The number of para-hydroxylation sites is 1. The number of pyridine rings is 1. The van der Waals surface area contributed by atoms with Gasteiger partial charge in [0.25, 0.3) is 0 Å². The lowest BCUT2D eigenvalue weighted by molar-refractivity contribution is 0.630. The first-order chi connectivity index (χ1) is 14.2. The van der Waals surface area contributed by atoms with Gasteiger partial charge >= 0.3 is 0 Å². The molecule has 1 heterocycles. The number of aromatic nitrogens is 1. The van der Waals surface area contributed by atoms with Gasteiger partial charge in [-0.05, 0) is 96.3 Å². The third-order valence-corrected chi connectivity index (χ3v) is 6.61. The molecule has 1 atom stereocenters. The fourth-order valence-corrected chi connectivity index (χ4v) is 4.78. The molecular weight excluding hydrogens is 467 g/mol. The van der Waals surface area contributed by atoms with Gasteiger partial charge in [0.15, 0.2) is 0 Å². The van der Waals surface area contributed by atoms with Crippen LogP contribution in [0.15, 0.2) is 78.4 Å². The van der Waals surface area contributed by atoms with Crippen LogP contribution in [0.2, 0.25) is 0 Å². The molecule has 4 rings (SSSR count). The summed E-state index contributed by atoms with van der Waals surface area (Å²) >= 11 is 2.35. The molecule has 0 spiro atoms. The predicted octanol–water partition coefficient (Wildman–Crippen LogP) is 7.21. The van der Waals surface area contributed by atoms with Crippen molar-refractivity contribution in [1.29, 1.82) is 0 Å². The zero-order valence-corrected chi connectivity index (χ0v) is 19.1. The van der Waals surface area contributed by atoms with Crippen LogP contribution in [-0.4, -0.2) is 12.0 Å². The lowest BCUT2D eigenvalue weighted by Gasteiger charge is -2.24. The van der Waals surface area contributed by atoms with Gasteiger partial charge in [-0.1, -0.05) is 49.4 Å². The van der Waals surface area contributed by atoms with E-state index in [2.05, 4.69) is 102 Å². The number of nitrogens with one attached hydrogen (secondary N) is 1. The number of nitrogens with zero attached hydrogens (tertiary/aromatic N) is 1. The summed E-state index contributed by atoms with van der Waals surface area (Å²) in [6.45, 7) is 4.12. The topological polar surface area (TPSA) is 24.9 Å². The van der Waals surface area contributed by atoms with E-state index in [0.717, 1.165) is 29.6 Å². The largest absolute Gasteiger partial charge is 0.310 e. The number of benzene rings is 2. The van der Waals surface area contributed by atoms with Crippen LogP contribution < -0.4 is 5.32 Å². The first kappa shape index (κ1) is 20.3. The lowest BCUT2D eigenvalue weighted by atomic mass is 9.88. The summed E-state index contributed by atoms with van der Waals surface area (Å²) in [6, 6.07) is 19.6. The van der Waals surface area contributed by atoms with Crippen LogP contribution in [0.4, 0.5) is 0 Å². The fourth-order valence-electron chi connectivity index (χ4n) is 4.42. The molecule has 3 heteroatoms. The van der Waals surface area contributed by atoms with E-state index in [1.807, 2.05) is 0 Å². The molecule has 0 bridgehead atoms. The molecule has 1 aliphatic carbocycles. The average Bonchev–Trinajstić information content (AvgIpc) is 3.00. The van der Waals surface area contributed by atoms with Crippen molar-refractivity contribution in [2.24, 2.45) is 0 Å². The number of hydrogen-bond donors (Lipinski definition) is 1. The highest BCUT2D eigenvalue weighted by Gasteiger charge is 2.22. The van der Waals surface area contributed by atoms with Crippen LogP contribution in [0.25, 0.3) is 22.2 Å². The van der Waals surface area contributed by atoms with Crippen LogP contribution in [-0.2, 0) is 0 Å². The van der Waals surface area contributed by atoms with Crippen molar-refractivity contribution in [3.05, 3.63) is 87.5 Å². The monoisotopic (exact) mass is 494 g/mol. The zero-order valence-electron chi connectivity index (χ0n) is 16.9. The summed E-state index contributed by atoms with van der Waals surface area (Å²) in [5, 5.41) is 4.85. The van der Waals surface area contributed by atoms with Gasteiger partial charge in [0.05, 0.1) is 17.3 Å². The molecule has 0 fully saturated rings. The van der Waals surface area contributed by atoms with Gasteiger partial charge < -0.3 is 5.32 Å². The van der Waals surface area contributed by atoms with Gasteiger partial charge in [-0.2, -0.15) is 0 Å². The molecule has 148 valence electrons. The average molecular weight is 494 g/mol. The number of allylic oxidation sites excluding steroid dienone is 2. The van der Waals surface area contributed by atoms with Crippen molar-refractivity contribution in [2.75, 3.05) is 7.05 Å². The molecule has 1 aliphatic rings. The molecule has 0 saturated heterocycles. The Hall–Kier alpha value is -1.98. The quantitative estimate of drug-likeness (QED) is 0.379. The normalized spacial score (nSPS) is 15.9. The smallest absolute Gasteiger partial charge is 0.0713 e. The Bertz CT molecular complexity index is 1050. The van der Waals surface area contributed by atoms with E-state index in [1.165, 1.54) is 44.9 Å². The van der Waals surface area contributed by atoms with Crippen molar-refractivity contribution in [3.63, 3.8) is 0 Å². The van der Waals surface area contributed by atoms with Crippen molar-refractivity contribution in [1.82, 2.24) is 10.3 Å². The van der Waals surface area contributed by atoms with Crippen LogP contribution in [0.5, 0.6) is 0 Å². The third-order valence-electron chi connectivity index (χ3n) is 5.89. The van der Waals surface area contributed by atoms with Gasteiger partial charge in [-0.3, -0.25) is 0 Å². The molecular formula is C26H27IN2. The van der Waals surface area contributed by atoms with Gasteiger partial charge in [-0.15, -0.1) is 0 Å². The Labute approximate surface area is 187 Å². The van der Waals surface area contributed by atoms with Crippen LogP contribution in [0, 0.1) is 3.57 Å². The summed E-state index contributed by atoms with van der Waals surface area (Å²) in [6.07, 6.45) is 8.13. The Morgan fingerprint density at radius 2 is 1.79 bits per heavy atom. The van der Waals surface area contributed by atoms with E-state index in [9.17, 15) is 0 Å². The van der Waals surface area contributed by atoms with Crippen molar-refractivity contribution in [3.8, 4) is 11.3 Å². The molecule has 2 aromatic carbocycles. The number of rotatable bonds is 5. The van der Waals surface area contributed by atoms with Gasteiger partial charge in [0.1, 0.15) is 0 Å². The SMILES string of the molecule is C=CC1=C(C(NC)c2cc(-c3ccc(I)cc3)nc3ccccc23)CCCCC1. The Kier molecular flexibility index (Phi) is 6.46. The van der Waals surface area contributed by atoms with E-state index < -0.39 is 0 Å². The standard InChI is InChI=1S/C26H27IN2/c1-3-18-9-5-4-6-10-21(18)26(28-2)23-17-25(19-13-15-20(27)16-14-19)29-24-12-8-7-11-22(23)24/h3,7-8,11-17,26,28H,1,4-6,9-10H2,2H3. The summed E-state index contributed by atoms with van der Waals surface area (Å²) in [5.74, 6) is 0. The van der Waals surface area contributed by atoms with E-state index in [4.69, 9.17) is 4.98 Å². The number of hydrogen-bond acceptors (Lipinski definition) is 2. The van der Waals surface area contributed by atoms with Crippen molar-refractivity contribution >= 4 is 33.5 Å². The Morgan fingerprint density at radius 3 is 2.55 bits per heavy atom. The molecule has 1 N–H and O–H groups in total. The molecule has 3 aromatic rings. The van der Waals surface area contributed by atoms with Gasteiger partial charge in [0, 0.05) is 14.5 Å². The minimum Gasteiger partial charge on any atom is -0.310 e. The number of fused-ring (bicyclic) bond motifs is 1. The molecule has 0 saturated carbocycles. The summed E-state index contributed by atoms with van der Waals surface area (Å²) in [7, 11) is 2.07. The highest BCUT2D eigenvalue weighted by atomic mass is 127. The lowest BCUT2D eigenvalue weighted by Crippen LogP contribution is -2.20. The van der Waals surface area contributed by atoms with E-state index in [1.54, 1.807) is 0 Å². The molecule has 1 aromatic heterocycles. The minimum absolute atomic E-state index is 0.177. The summed E-state index contributed by atoms with van der Waals surface area (Å²) < 4.78 is 1.24. The van der Waals surface area contributed by atoms with E-state index in [0.29, 0.717) is 0 Å².